The third kappa shape index (κ3) is 7.51. The summed E-state index contributed by atoms with van der Waals surface area (Å²) in [4.78, 5) is 12.9. The molecule has 116 valence electrons. The lowest BCUT2D eigenvalue weighted by Gasteiger charge is -2.20. The molecule has 0 atom stereocenters. The molecule has 1 N–H and O–H groups in total. The number of hydrogen-bond acceptors (Lipinski definition) is 3. The van der Waals surface area contributed by atoms with Crippen LogP contribution in [0.4, 0.5) is 0 Å². The van der Waals surface area contributed by atoms with Gasteiger partial charge in [0, 0.05) is 12.6 Å². The average Bonchev–Trinajstić information content (AvgIpc) is 2.46. The molecule has 0 aliphatic rings. The Morgan fingerprint density at radius 3 is 2.57 bits per heavy atom. The second kappa shape index (κ2) is 10.00. The third-order valence-electron chi connectivity index (χ3n) is 3.03. The van der Waals surface area contributed by atoms with Gasteiger partial charge in [0.05, 0.1) is 0 Å². The van der Waals surface area contributed by atoms with Gasteiger partial charge in [-0.2, -0.15) is 0 Å². The summed E-state index contributed by atoms with van der Waals surface area (Å²) in [7, 11) is 0. The van der Waals surface area contributed by atoms with Crippen LogP contribution in [-0.2, 0) is 4.79 Å². The fourth-order valence-electron chi connectivity index (χ4n) is 2.14. The number of hydrogen-bond donors (Lipinski definition) is 1. The van der Waals surface area contributed by atoms with Gasteiger partial charge in [0.15, 0.2) is 0 Å². The molecule has 0 bridgehead atoms. The second-order valence-electron chi connectivity index (χ2n) is 4.93. The van der Waals surface area contributed by atoms with Gasteiger partial charge >= 0.3 is 5.97 Å². The molecule has 21 heavy (non-hydrogen) atoms. The van der Waals surface area contributed by atoms with Gasteiger partial charge in [0.1, 0.15) is 12.4 Å². The van der Waals surface area contributed by atoms with E-state index in [1.165, 1.54) is 0 Å². The molecule has 0 saturated carbocycles. The van der Waals surface area contributed by atoms with E-state index in [2.05, 4.69) is 18.7 Å². The van der Waals surface area contributed by atoms with Crippen LogP contribution in [0.1, 0.15) is 32.3 Å². The maximum Gasteiger partial charge on any atom is 0.328 e. The molecule has 0 aromatic heterocycles. The summed E-state index contributed by atoms with van der Waals surface area (Å²) in [6.45, 7) is 8.11. The Morgan fingerprint density at radius 2 is 1.95 bits per heavy atom. The van der Waals surface area contributed by atoms with Crippen molar-refractivity contribution in [2.24, 2.45) is 0 Å². The summed E-state index contributed by atoms with van der Waals surface area (Å²) >= 11 is 0. The van der Waals surface area contributed by atoms with Gasteiger partial charge in [-0.25, -0.2) is 4.79 Å². The van der Waals surface area contributed by atoms with E-state index in [4.69, 9.17) is 9.84 Å². The minimum absolute atomic E-state index is 0.645. The number of carboxylic acids is 1. The molecule has 4 nitrogen and oxygen atoms in total. The highest BCUT2D eigenvalue weighted by Crippen LogP contribution is 2.14. The molecular weight excluding hydrogens is 266 g/mol. The van der Waals surface area contributed by atoms with E-state index in [0.29, 0.717) is 6.61 Å². The molecule has 1 rings (SSSR count). The first kappa shape index (κ1) is 17.2. The predicted molar refractivity (Wildman–Crippen MR) is 85.6 cm³/mol. The molecule has 0 fully saturated rings. The summed E-state index contributed by atoms with van der Waals surface area (Å²) in [5.74, 6) is -0.174. The van der Waals surface area contributed by atoms with Crippen molar-refractivity contribution in [3.63, 3.8) is 0 Å². The van der Waals surface area contributed by atoms with Crippen LogP contribution in [-0.4, -0.2) is 42.2 Å². The quantitative estimate of drug-likeness (QED) is 0.672. The van der Waals surface area contributed by atoms with Crippen LogP contribution in [0.15, 0.2) is 30.3 Å². The first-order chi connectivity index (χ1) is 10.2. The zero-order valence-electron chi connectivity index (χ0n) is 12.9. The summed E-state index contributed by atoms with van der Waals surface area (Å²) in [5, 5.41) is 8.62. The molecule has 0 saturated heterocycles. The Balaban J connectivity index is 2.47. The number of carboxylic acid groups (broad SMARTS) is 1. The minimum atomic E-state index is -0.948. The summed E-state index contributed by atoms with van der Waals surface area (Å²) in [6, 6.07) is 7.46. The van der Waals surface area contributed by atoms with Crippen molar-refractivity contribution in [1.82, 2.24) is 4.90 Å². The van der Waals surface area contributed by atoms with E-state index < -0.39 is 5.97 Å². The normalized spacial score (nSPS) is 11.2. The molecule has 1 aromatic rings. The van der Waals surface area contributed by atoms with Crippen LogP contribution in [0.25, 0.3) is 6.08 Å². The van der Waals surface area contributed by atoms with Crippen LogP contribution in [0.3, 0.4) is 0 Å². The van der Waals surface area contributed by atoms with Crippen molar-refractivity contribution >= 4 is 12.0 Å². The zero-order valence-corrected chi connectivity index (χ0v) is 12.9. The van der Waals surface area contributed by atoms with E-state index in [9.17, 15) is 4.79 Å². The minimum Gasteiger partial charge on any atom is -0.492 e. The van der Waals surface area contributed by atoms with Gasteiger partial charge in [-0.3, -0.25) is 4.90 Å². The molecule has 0 radical (unpaired) electrons. The molecule has 0 aliphatic heterocycles. The highest BCUT2D eigenvalue weighted by Gasteiger charge is 2.03. The summed E-state index contributed by atoms with van der Waals surface area (Å²) in [5.41, 5.74) is 0.828. The number of aliphatic carboxylic acids is 1. The number of ether oxygens (including phenoxy) is 1. The molecule has 0 aliphatic carbocycles. The second-order valence-corrected chi connectivity index (χ2v) is 4.93. The maximum absolute atomic E-state index is 10.5. The number of carbonyl (C=O) groups is 1. The van der Waals surface area contributed by atoms with E-state index in [1.54, 1.807) is 6.08 Å². The standard InChI is InChI=1S/C17H25NO3/c1-3-10-18(11-4-2)12-13-21-16-7-5-6-15(14-16)8-9-17(19)20/h5-9,14H,3-4,10-13H2,1-2H3,(H,19,20). The van der Waals surface area contributed by atoms with Crippen LogP contribution in [0.2, 0.25) is 0 Å². The lowest BCUT2D eigenvalue weighted by atomic mass is 10.2. The molecule has 4 heteroatoms. The molecular formula is C17H25NO3. The van der Waals surface area contributed by atoms with Crippen molar-refractivity contribution in [1.29, 1.82) is 0 Å². The topological polar surface area (TPSA) is 49.8 Å². The molecule has 1 aromatic carbocycles. The smallest absolute Gasteiger partial charge is 0.328 e. The fourth-order valence-corrected chi connectivity index (χ4v) is 2.14. The molecule has 0 unspecified atom stereocenters. The first-order valence-corrected chi connectivity index (χ1v) is 7.52. The number of nitrogens with zero attached hydrogens (tertiary/aromatic N) is 1. The highest BCUT2D eigenvalue weighted by molar-refractivity contribution is 5.85. The van der Waals surface area contributed by atoms with E-state index in [0.717, 1.165) is 49.9 Å². The predicted octanol–water partition coefficient (Wildman–Crippen LogP) is 3.29. The molecule has 0 amide bonds. The Morgan fingerprint density at radius 1 is 1.24 bits per heavy atom. The van der Waals surface area contributed by atoms with Crippen molar-refractivity contribution in [3.8, 4) is 5.75 Å². The lowest BCUT2D eigenvalue weighted by molar-refractivity contribution is -0.131. The Hall–Kier alpha value is -1.81. The van der Waals surface area contributed by atoms with Crippen LogP contribution in [0.5, 0.6) is 5.75 Å². The monoisotopic (exact) mass is 291 g/mol. The highest BCUT2D eigenvalue weighted by atomic mass is 16.5. The van der Waals surface area contributed by atoms with Crippen molar-refractivity contribution < 1.29 is 14.6 Å². The van der Waals surface area contributed by atoms with E-state index in [-0.39, 0.29) is 0 Å². The maximum atomic E-state index is 10.5. The lowest BCUT2D eigenvalue weighted by Crippen LogP contribution is -2.30. The molecule has 0 spiro atoms. The van der Waals surface area contributed by atoms with Gasteiger partial charge in [0.2, 0.25) is 0 Å². The van der Waals surface area contributed by atoms with Crippen LogP contribution >= 0.6 is 0 Å². The largest absolute Gasteiger partial charge is 0.492 e. The van der Waals surface area contributed by atoms with Gasteiger partial charge < -0.3 is 9.84 Å². The SMILES string of the molecule is CCCN(CCC)CCOc1cccc(C=CC(=O)O)c1. The van der Waals surface area contributed by atoms with E-state index in [1.807, 2.05) is 24.3 Å². The van der Waals surface area contributed by atoms with Crippen molar-refractivity contribution in [2.75, 3.05) is 26.2 Å². The Labute approximate surface area is 127 Å². The summed E-state index contributed by atoms with van der Waals surface area (Å²) < 4.78 is 5.75. The first-order valence-electron chi connectivity index (χ1n) is 7.52. The van der Waals surface area contributed by atoms with Gasteiger partial charge in [-0.1, -0.05) is 26.0 Å². The van der Waals surface area contributed by atoms with Gasteiger partial charge in [0.25, 0.3) is 0 Å². The number of rotatable bonds is 10. The Kier molecular flexibility index (Phi) is 8.21. The van der Waals surface area contributed by atoms with Gasteiger partial charge in [-0.15, -0.1) is 0 Å². The van der Waals surface area contributed by atoms with Crippen molar-refractivity contribution in [2.45, 2.75) is 26.7 Å². The average molecular weight is 291 g/mol. The molecule has 0 heterocycles. The fraction of sp³-hybridized carbons (Fsp3) is 0.471. The van der Waals surface area contributed by atoms with Gasteiger partial charge in [-0.05, 0) is 49.7 Å². The zero-order chi connectivity index (χ0) is 15.5. The van der Waals surface area contributed by atoms with E-state index >= 15 is 0 Å². The van der Waals surface area contributed by atoms with Crippen molar-refractivity contribution in [3.05, 3.63) is 35.9 Å². The summed E-state index contributed by atoms with van der Waals surface area (Å²) in [6.07, 6.45) is 4.99. The van der Waals surface area contributed by atoms with Crippen LogP contribution < -0.4 is 4.74 Å². The Bertz CT molecular complexity index is 451. The number of benzene rings is 1. The van der Waals surface area contributed by atoms with Crippen LogP contribution in [0, 0.1) is 0 Å². The third-order valence-corrected chi connectivity index (χ3v) is 3.03.